The lowest BCUT2D eigenvalue weighted by atomic mass is 10.0. The predicted molar refractivity (Wildman–Crippen MR) is 342 cm³/mol. The molecular weight excluding hydrogens is 1010 g/mol. The summed E-state index contributed by atoms with van der Waals surface area (Å²) in [7, 11) is 1.17. The van der Waals surface area contributed by atoms with Crippen LogP contribution in [-0.4, -0.2) is 70.0 Å². The lowest BCUT2D eigenvalue weighted by molar-refractivity contribution is -0.870. The summed E-state index contributed by atoms with van der Waals surface area (Å²) in [4.78, 5) is 38.0. The molecule has 0 fully saturated rings. The molecule has 2 unspecified atom stereocenters. The first-order chi connectivity index (χ1) is 39.0. The Bertz CT molecular complexity index is 1490. The van der Waals surface area contributed by atoms with Crippen molar-refractivity contribution < 1.29 is 42.1 Å². The molecule has 80 heavy (non-hydrogen) atoms. The van der Waals surface area contributed by atoms with Crippen molar-refractivity contribution in [2.45, 2.75) is 341 Å². The van der Waals surface area contributed by atoms with Crippen LogP contribution >= 0.6 is 7.82 Å². The number of phosphoric ester groups is 1. The highest BCUT2D eigenvalue weighted by molar-refractivity contribution is 7.45. The number of hydrogen-bond donors (Lipinski definition) is 0. The fourth-order valence-electron chi connectivity index (χ4n) is 10.0. The van der Waals surface area contributed by atoms with E-state index in [1.54, 1.807) is 0 Å². The molecule has 470 valence electrons. The second-order valence-electron chi connectivity index (χ2n) is 24.5. The van der Waals surface area contributed by atoms with Gasteiger partial charge in [0.15, 0.2) is 6.10 Å². The Morgan fingerprint density at radius 3 is 1.01 bits per heavy atom. The van der Waals surface area contributed by atoms with E-state index in [-0.39, 0.29) is 32.0 Å². The highest BCUT2D eigenvalue weighted by Gasteiger charge is 2.22. The number of phosphoric acid groups is 1. The number of rotatable bonds is 64. The highest BCUT2D eigenvalue weighted by Crippen LogP contribution is 2.38. The summed E-state index contributed by atoms with van der Waals surface area (Å²) >= 11 is 0. The van der Waals surface area contributed by atoms with E-state index < -0.39 is 26.5 Å². The van der Waals surface area contributed by atoms with Crippen molar-refractivity contribution in [1.82, 2.24) is 0 Å². The van der Waals surface area contributed by atoms with Crippen LogP contribution in [0.25, 0.3) is 0 Å². The fourth-order valence-corrected chi connectivity index (χ4v) is 10.7. The number of quaternary nitrogens is 1. The van der Waals surface area contributed by atoms with Gasteiger partial charge in [0.2, 0.25) is 0 Å². The molecule has 0 spiro atoms. The molecule has 0 aromatic heterocycles. The van der Waals surface area contributed by atoms with Crippen LogP contribution in [0.5, 0.6) is 0 Å². The fraction of sp³-hybridized carbons (Fsp3) is 0.857. The Morgan fingerprint density at radius 1 is 0.388 bits per heavy atom. The summed E-state index contributed by atoms with van der Waals surface area (Å²) in [5.41, 5.74) is 0. The minimum atomic E-state index is -4.64. The molecule has 9 nitrogen and oxygen atoms in total. The normalized spacial score (nSPS) is 13.4. The second-order valence-corrected chi connectivity index (χ2v) is 25.9. The van der Waals surface area contributed by atoms with Gasteiger partial charge in [-0.25, -0.2) is 0 Å². The zero-order chi connectivity index (χ0) is 58.4. The van der Waals surface area contributed by atoms with Crippen LogP contribution in [0.2, 0.25) is 0 Å². The van der Waals surface area contributed by atoms with Crippen molar-refractivity contribution in [3.05, 3.63) is 48.6 Å². The van der Waals surface area contributed by atoms with E-state index >= 15 is 0 Å². The van der Waals surface area contributed by atoms with Crippen LogP contribution in [-0.2, 0) is 32.7 Å². The number of allylic oxidation sites excluding steroid dienone is 8. The number of nitrogens with zero attached hydrogens (tertiary/aromatic N) is 1. The minimum Gasteiger partial charge on any atom is -0.756 e. The molecular formula is C70H132NO8P. The molecule has 0 aliphatic rings. The summed E-state index contributed by atoms with van der Waals surface area (Å²) in [5, 5.41) is 0. The zero-order valence-corrected chi connectivity index (χ0v) is 54.4. The molecule has 0 amide bonds. The lowest BCUT2D eigenvalue weighted by Gasteiger charge is -2.28. The van der Waals surface area contributed by atoms with Crippen LogP contribution in [0.4, 0.5) is 0 Å². The number of carbonyl (C=O) groups excluding carboxylic acids is 2. The number of hydrogen-bond acceptors (Lipinski definition) is 8. The van der Waals surface area contributed by atoms with Crippen LogP contribution < -0.4 is 4.89 Å². The first-order valence-electron chi connectivity index (χ1n) is 34.3. The molecule has 0 bridgehead atoms. The van der Waals surface area contributed by atoms with E-state index in [0.29, 0.717) is 17.4 Å². The van der Waals surface area contributed by atoms with Gasteiger partial charge < -0.3 is 27.9 Å². The number of ether oxygens (including phenoxy) is 2. The van der Waals surface area contributed by atoms with Crippen molar-refractivity contribution in [1.29, 1.82) is 0 Å². The SMILES string of the molecule is CCCCCCC/C=C\C/C=C\C/C=C\CCCCCCCCCCC(=O)OC(COC(=O)CCCCCCCCCCCCCCCCCCCCCCC/C=C\CCCCCCCCCC)COP(=O)([O-])OCC[N+](C)(C)C. The molecule has 0 radical (unpaired) electrons. The van der Waals surface area contributed by atoms with Gasteiger partial charge in [0.05, 0.1) is 27.7 Å². The maximum absolute atomic E-state index is 12.8. The quantitative estimate of drug-likeness (QED) is 0.0195. The van der Waals surface area contributed by atoms with E-state index in [1.165, 1.54) is 244 Å². The Hall–Kier alpha value is -2.03. The smallest absolute Gasteiger partial charge is 0.306 e. The second kappa shape index (κ2) is 61.5. The first-order valence-corrected chi connectivity index (χ1v) is 35.8. The lowest BCUT2D eigenvalue weighted by Crippen LogP contribution is -2.37. The van der Waals surface area contributed by atoms with Gasteiger partial charge in [-0.15, -0.1) is 0 Å². The van der Waals surface area contributed by atoms with Gasteiger partial charge in [0.25, 0.3) is 7.82 Å². The molecule has 0 N–H and O–H groups in total. The van der Waals surface area contributed by atoms with Crippen LogP contribution in [0, 0.1) is 0 Å². The van der Waals surface area contributed by atoms with Crippen molar-refractivity contribution in [3.63, 3.8) is 0 Å². The van der Waals surface area contributed by atoms with Gasteiger partial charge >= 0.3 is 11.9 Å². The number of esters is 2. The van der Waals surface area contributed by atoms with Gasteiger partial charge in [-0.2, -0.15) is 0 Å². The molecule has 0 aliphatic carbocycles. The Morgan fingerprint density at radius 2 is 0.675 bits per heavy atom. The van der Waals surface area contributed by atoms with Crippen molar-refractivity contribution in [2.75, 3.05) is 47.5 Å². The van der Waals surface area contributed by atoms with Gasteiger partial charge in [-0.3, -0.25) is 14.2 Å². The van der Waals surface area contributed by atoms with Gasteiger partial charge in [0, 0.05) is 12.8 Å². The van der Waals surface area contributed by atoms with E-state index in [2.05, 4.69) is 62.5 Å². The van der Waals surface area contributed by atoms with E-state index in [4.69, 9.17) is 18.5 Å². The standard InChI is InChI=1S/C70H132NO8P/c1-6-8-10-12-14-16-18-20-22-24-26-28-30-31-32-33-34-35-36-37-38-39-41-42-44-46-48-50-52-54-56-58-60-62-69(72)76-66-68(67-78-80(74,75)77-65-64-71(3,4)5)79-70(73)63-61-59-57-55-53-51-49-47-45-43-40-29-27-25-23-21-19-17-15-13-11-9-7-2/h19,21,24-27,40,43,68H,6-18,20,22-23,28-39,41-42,44-67H2,1-5H3/b21-19-,26-24-,27-25-,43-40-. The average Bonchev–Trinajstić information content (AvgIpc) is 3.42. The predicted octanol–water partition coefficient (Wildman–Crippen LogP) is 21.4. The Balaban J connectivity index is 4.01. The summed E-state index contributed by atoms with van der Waals surface area (Å²) in [6, 6.07) is 0. The van der Waals surface area contributed by atoms with Crippen molar-refractivity contribution in [3.8, 4) is 0 Å². The molecule has 0 aromatic rings. The summed E-state index contributed by atoms with van der Waals surface area (Å²) in [5.74, 6) is -0.827. The average molecular weight is 1150 g/mol. The maximum Gasteiger partial charge on any atom is 0.306 e. The first kappa shape index (κ1) is 78.0. The van der Waals surface area contributed by atoms with Crippen molar-refractivity contribution >= 4 is 19.8 Å². The van der Waals surface area contributed by atoms with Gasteiger partial charge in [-0.1, -0.05) is 294 Å². The van der Waals surface area contributed by atoms with E-state index in [0.717, 1.165) is 57.8 Å². The zero-order valence-electron chi connectivity index (χ0n) is 53.5. The maximum atomic E-state index is 12.8. The van der Waals surface area contributed by atoms with Crippen LogP contribution in [0.3, 0.4) is 0 Å². The summed E-state index contributed by atoms with van der Waals surface area (Å²) in [6.07, 6.45) is 79.1. The Kier molecular flexibility index (Phi) is 60.0. The Labute approximate surface area is 496 Å². The molecule has 0 heterocycles. The summed E-state index contributed by atoms with van der Waals surface area (Å²) < 4.78 is 34.3. The molecule has 0 saturated heterocycles. The number of unbranched alkanes of at least 4 members (excludes halogenated alkanes) is 42. The van der Waals surface area contributed by atoms with Crippen LogP contribution in [0.1, 0.15) is 335 Å². The topological polar surface area (TPSA) is 111 Å². The number of carbonyl (C=O) groups is 2. The molecule has 0 aromatic carbocycles. The minimum absolute atomic E-state index is 0.0319. The molecule has 2 atom stereocenters. The van der Waals surface area contributed by atoms with E-state index in [1.807, 2.05) is 21.1 Å². The molecule has 0 saturated carbocycles. The molecule has 10 heteroatoms. The third kappa shape index (κ3) is 65.1. The molecule has 0 aliphatic heterocycles. The van der Waals surface area contributed by atoms with E-state index in [9.17, 15) is 19.0 Å². The van der Waals surface area contributed by atoms with Gasteiger partial charge in [0.1, 0.15) is 19.8 Å². The third-order valence-electron chi connectivity index (χ3n) is 15.3. The summed E-state index contributed by atoms with van der Waals surface area (Å²) in [6.45, 7) is 4.27. The molecule has 0 rings (SSSR count). The largest absolute Gasteiger partial charge is 0.756 e. The van der Waals surface area contributed by atoms with Crippen LogP contribution in [0.15, 0.2) is 48.6 Å². The monoisotopic (exact) mass is 1150 g/mol. The third-order valence-corrected chi connectivity index (χ3v) is 16.3. The van der Waals surface area contributed by atoms with Gasteiger partial charge in [-0.05, 0) is 77.0 Å². The number of likely N-dealkylation sites (N-methyl/N-ethyl adjacent to an activating group) is 1. The van der Waals surface area contributed by atoms with Crippen molar-refractivity contribution in [2.24, 2.45) is 0 Å². The highest BCUT2D eigenvalue weighted by atomic mass is 31.2.